The summed E-state index contributed by atoms with van der Waals surface area (Å²) in [7, 11) is 0. The van der Waals surface area contributed by atoms with Gasteiger partial charge in [0.05, 0.1) is 5.41 Å². The van der Waals surface area contributed by atoms with E-state index in [0.717, 1.165) is 11.1 Å². The first-order valence-electron chi connectivity index (χ1n) is 7.13. The number of nitrogens with zero attached hydrogens (tertiary/aromatic N) is 4. The molecule has 0 aliphatic heterocycles. The molecule has 2 aromatic rings. The van der Waals surface area contributed by atoms with E-state index < -0.39 is 11.4 Å². The van der Waals surface area contributed by atoms with Gasteiger partial charge in [0, 0.05) is 12.1 Å². The summed E-state index contributed by atoms with van der Waals surface area (Å²) in [6, 6.07) is 7.64. The van der Waals surface area contributed by atoms with E-state index in [9.17, 15) is 9.59 Å². The fourth-order valence-electron chi connectivity index (χ4n) is 1.71. The number of nitrogens with one attached hydrogen (secondary N) is 1. The van der Waals surface area contributed by atoms with Gasteiger partial charge >= 0.3 is 5.97 Å². The van der Waals surface area contributed by atoms with Crippen LogP contribution in [0.5, 0.6) is 0 Å². The maximum absolute atomic E-state index is 11.8. The number of carboxylic acid groups (broad SMARTS) is 1. The molecule has 0 fully saturated rings. The quantitative estimate of drug-likeness (QED) is 0.818. The molecule has 0 unspecified atom stereocenters. The van der Waals surface area contributed by atoms with Crippen LogP contribution >= 0.6 is 0 Å². The molecule has 0 saturated carbocycles. The number of tetrazole rings is 1. The van der Waals surface area contributed by atoms with Gasteiger partial charge in [-0.2, -0.15) is 4.80 Å². The first-order valence-corrected chi connectivity index (χ1v) is 7.13. The number of aliphatic carboxylic acids is 1. The van der Waals surface area contributed by atoms with E-state index in [1.807, 2.05) is 31.2 Å². The van der Waals surface area contributed by atoms with Crippen LogP contribution in [0.3, 0.4) is 0 Å². The summed E-state index contributed by atoms with van der Waals surface area (Å²) in [4.78, 5) is 24.0. The Morgan fingerprint density at radius 3 is 2.52 bits per heavy atom. The fraction of sp³-hybridized carbons (Fsp3) is 0.400. The molecule has 1 aromatic carbocycles. The van der Waals surface area contributed by atoms with Crippen molar-refractivity contribution in [1.29, 1.82) is 0 Å². The smallest absolute Gasteiger partial charge is 0.310 e. The predicted octanol–water partition coefficient (Wildman–Crippen LogP) is 0.876. The first-order chi connectivity index (χ1) is 10.8. The summed E-state index contributed by atoms with van der Waals surface area (Å²) < 4.78 is 0. The molecular weight excluding hydrogens is 298 g/mol. The van der Waals surface area contributed by atoms with E-state index in [-0.39, 0.29) is 19.0 Å². The summed E-state index contributed by atoms with van der Waals surface area (Å²) in [5.41, 5.74) is 0.911. The van der Waals surface area contributed by atoms with Crippen LogP contribution in [0.25, 0.3) is 11.4 Å². The minimum atomic E-state index is -1.03. The second kappa shape index (κ2) is 6.55. The van der Waals surface area contributed by atoms with Gasteiger partial charge in [0.25, 0.3) is 0 Å². The van der Waals surface area contributed by atoms with Gasteiger partial charge in [0.1, 0.15) is 6.54 Å². The summed E-state index contributed by atoms with van der Waals surface area (Å²) in [6.07, 6.45) is 0. The van der Waals surface area contributed by atoms with Gasteiger partial charge in [0.2, 0.25) is 11.7 Å². The van der Waals surface area contributed by atoms with Crippen LogP contribution < -0.4 is 5.32 Å². The van der Waals surface area contributed by atoms with Crippen molar-refractivity contribution < 1.29 is 14.7 Å². The summed E-state index contributed by atoms with van der Waals surface area (Å²) in [5, 5.41) is 23.5. The average Bonchev–Trinajstić information content (AvgIpc) is 2.94. The topological polar surface area (TPSA) is 110 Å². The molecule has 0 atom stereocenters. The molecule has 8 nitrogen and oxygen atoms in total. The average molecular weight is 317 g/mol. The van der Waals surface area contributed by atoms with E-state index in [0.29, 0.717) is 5.82 Å². The second-order valence-corrected chi connectivity index (χ2v) is 5.98. The van der Waals surface area contributed by atoms with Crippen molar-refractivity contribution in [2.75, 3.05) is 6.54 Å². The van der Waals surface area contributed by atoms with Crippen LogP contribution in [0.1, 0.15) is 19.4 Å². The lowest BCUT2D eigenvalue weighted by Gasteiger charge is -2.19. The monoisotopic (exact) mass is 317 g/mol. The van der Waals surface area contributed by atoms with Gasteiger partial charge < -0.3 is 10.4 Å². The van der Waals surface area contributed by atoms with Gasteiger partial charge in [-0.3, -0.25) is 9.59 Å². The molecule has 122 valence electrons. The second-order valence-electron chi connectivity index (χ2n) is 5.98. The van der Waals surface area contributed by atoms with Gasteiger partial charge in [-0.15, -0.1) is 10.2 Å². The Morgan fingerprint density at radius 2 is 1.91 bits per heavy atom. The van der Waals surface area contributed by atoms with Crippen molar-refractivity contribution >= 4 is 11.9 Å². The van der Waals surface area contributed by atoms with Crippen molar-refractivity contribution in [1.82, 2.24) is 25.5 Å². The highest BCUT2D eigenvalue weighted by Crippen LogP contribution is 2.14. The van der Waals surface area contributed by atoms with Gasteiger partial charge in [-0.05, 0) is 26.0 Å². The van der Waals surface area contributed by atoms with Gasteiger partial charge in [-0.1, -0.05) is 29.8 Å². The number of amides is 1. The van der Waals surface area contributed by atoms with Crippen LogP contribution in [0.15, 0.2) is 24.3 Å². The molecule has 1 heterocycles. The van der Waals surface area contributed by atoms with Crippen LogP contribution in [-0.4, -0.2) is 43.7 Å². The molecule has 23 heavy (non-hydrogen) atoms. The molecule has 2 N–H and O–H groups in total. The number of rotatable bonds is 6. The predicted molar refractivity (Wildman–Crippen MR) is 82.4 cm³/mol. The molecule has 0 spiro atoms. The zero-order valence-electron chi connectivity index (χ0n) is 13.3. The lowest BCUT2D eigenvalue weighted by atomic mass is 9.94. The first kappa shape index (κ1) is 16.6. The zero-order valence-corrected chi connectivity index (χ0v) is 13.3. The Labute approximate surface area is 133 Å². The number of carbonyl (C=O) groups is 2. The highest BCUT2D eigenvalue weighted by molar-refractivity contribution is 5.78. The van der Waals surface area contributed by atoms with Crippen molar-refractivity contribution in [2.24, 2.45) is 5.41 Å². The minimum Gasteiger partial charge on any atom is -0.481 e. The van der Waals surface area contributed by atoms with E-state index in [1.165, 1.54) is 4.80 Å². The molecular formula is C15H19N5O3. The maximum Gasteiger partial charge on any atom is 0.310 e. The highest BCUT2D eigenvalue weighted by atomic mass is 16.4. The van der Waals surface area contributed by atoms with Crippen molar-refractivity contribution in [3.05, 3.63) is 29.8 Å². The number of aryl methyl sites for hydroxylation is 1. The fourth-order valence-corrected chi connectivity index (χ4v) is 1.71. The number of hydrogen-bond acceptors (Lipinski definition) is 5. The van der Waals surface area contributed by atoms with Crippen LogP contribution in [0.2, 0.25) is 0 Å². The van der Waals surface area contributed by atoms with E-state index in [4.69, 9.17) is 5.11 Å². The standard InChI is InChI=1S/C15H19N5O3/c1-10-4-6-11(7-5-10)13-17-19-20(18-13)8-12(21)16-9-15(2,3)14(22)23/h4-7H,8-9H2,1-3H3,(H,16,21)(H,22,23). The Bertz CT molecular complexity index is 706. The molecule has 0 aliphatic rings. The molecule has 1 amide bonds. The Kier molecular flexibility index (Phi) is 4.73. The van der Waals surface area contributed by atoms with E-state index in [1.54, 1.807) is 13.8 Å². The molecule has 0 saturated heterocycles. The van der Waals surface area contributed by atoms with Gasteiger partial charge in [-0.25, -0.2) is 0 Å². The molecule has 0 radical (unpaired) electrons. The van der Waals surface area contributed by atoms with Crippen LogP contribution in [-0.2, 0) is 16.1 Å². The number of carbonyl (C=O) groups excluding carboxylic acids is 1. The molecule has 2 rings (SSSR count). The normalized spacial score (nSPS) is 11.3. The van der Waals surface area contributed by atoms with E-state index in [2.05, 4.69) is 20.7 Å². The Hall–Kier alpha value is -2.77. The Morgan fingerprint density at radius 1 is 1.26 bits per heavy atom. The van der Waals surface area contributed by atoms with Crippen molar-refractivity contribution in [3.8, 4) is 11.4 Å². The number of aromatic nitrogens is 4. The largest absolute Gasteiger partial charge is 0.481 e. The number of hydrogen-bond donors (Lipinski definition) is 2. The van der Waals surface area contributed by atoms with Crippen molar-refractivity contribution in [2.45, 2.75) is 27.3 Å². The van der Waals surface area contributed by atoms with Crippen LogP contribution in [0, 0.1) is 12.3 Å². The molecule has 0 aliphatic carbocycles. The number of benzene rings is 1. The third kappa shape index (κ3) is 4.35. The Balaban J connectivity index is 1.95. The third-order valence-electron chi connectivity index (χ3n) is 3.35. The maximum atomic E-state index is 11.8. The number of carboxylic acids is 1. The lowest BCUT2D eigenvalue weighted by Crippen LogP contribution is -2.40. The lowest BCUT2D eigenvalue weighted by molar-refractivity contribution is -0.146. The zero-order chi connectivity index (χ0) is 17.0. The molecule has 1 aromatic heterocycles. The molecule has 8 heteroatoms. The SMILES string of the molecule is Cc1ccc(-c2nnn(CC(=O)NCC(C)(C)C(=O)O)n2)cc1. The third-order valence-corrected chi connectivity index (χ3v) is 3.35. The summed E-state index contributed by atoms with van der Waals surface area (Å²) in [6.45, 7) is 4.98. The minimum absolute atomic E-state index is 0.0285. The molecule has 0 bridgehead atoms. The van der Waals surface area contributed by atoms with Crippen molar-refractivity contribution in [3.63, 3.8) is 0 Å². The van der Waals surface area contributed by atoms with E-state index >= 15 is 0 Å². The summed E-state index contributed by atoms with van der Waals surface area (Å²) in [5.74, 6) is -0.908. The highest BCUT2D eigenvalue weighted by Gasteiger charge is 2.27. The van der Waals surface area contributed by atoms with Gasteiger partial charge in [0.15, 0.2) is 0 Å². The summed E-state index contributed by atoms with van der Waals surface area (Å²) >= 11 is 0. The van der Waals surface area contributed by atoms with Crippen LogP contribution in [0.4, 0.5) is 0 Å².